The maximum Gasteiger partial charge on any atom is 0.151 e. The number of nitrogens with two attached hydrogens (primary N) is 1. The quantitative estimate of drug-likeness (QED) is 0.331. The normalized spacial score (nSPS) is 28.7. The van der Waals surface area contributed by atoms with Crippen LogP contribution in [0.4, 0.5) is 17.3 Å². The molecule has 1 aromatic carbocycles. The fourth-order valence-corrected chi connectivity index (χ4v) is 7.73. The predicted molar refractivity (Wildman–Crippen MR) is 156 cm³/mol. The van der Waals surface area contributed by atoms with Crippen LogP contribution in [0, 0.1) is 23.7 Å². The third kappa shape index (κ3) is 3.85. The minimum Gasteiger partial charge on any atom is -0.393 e. The minimum atomic E-state index is -0.258. The van der Waals surface area contributed by atoms with Crippen LogP contribution in [0.5, 0.6) is 0 Å². The highest BCUT2D eigenvalue weighted by atomic mass is 16.3. The molecule has 3 saturated carbocycles. The standard InChI is InChI=1S/C31H36N8O/c1-2-27-31(35-20-3-8-23(40)11-20)37-28-26(13-33-30(32)29(28)36-27)19-12-34-39(16-19)22-6-4-21(5-7-22)38-14-17-9-24-18(15-38)10-25(17)24/h4-7,12-13,16-18,20,23-25,40H,2-3,8-11,14-15H2,1H3,(H2,32,33)(H,35,37)/t17?,18?,20-,23+,24?,25?/m1/s1. The maximum atomic E-state index is 10.0. The lowest BCUT2D eigenvalue weighted by Gasteiger charge is -2.55. The van der Waals surface area contributed by atoms with Gasteiger partial charge in [0.2, 0.25) is 0 Å². The van der Waals surface area contributed by atoms with E-state index < -0.39 is 0 Å². The topological polar surface area (TPSA) is 118 Å². The third-order valence-electron chi connectivity index (χ3n) is 10.1. The highest BCUT2D eigenvalue weighted by Crippen LogP contribution is 2.60. The van der Waals surface area contributed by atoms with Crippen molar-refractivity contribution in [1.29, 1.82) is 0 Å². The van der Waals surface area contributed by atoms with Crippen molar-refractivity contribution in [3.63, 3.8) is 0 Å². The van der Waals surface area contributed by atoms with E-state index in [1.54, 1.807) is 6.20 Å². The summed E-state index contributed by atoms with van der Waals surface area (Å²) in [6.45, 7) is 4.48. The monoisotopic (exact) mass is 536 g/mol. The Kier molecular flexibility index (Phi) is 5.52. The number of nitrogens with one attached hydrogen (secondary N) is 1. The van der Waals surface area contributed by atoms with E-state index in [0.717, 1.165) is 77.7 Å². The summed E-state index contributed by atoms with van der Waals surface area (Å²) in [6.07, 6.45) is 11.4. The molecule has 3 aliphatic carbocycles. The zero-order chi connectivity index (χ0) is 27.0. The Balaban J connectivity index is 1.09. The largest absolute Gasteiger partial charge is 0.393 e. The third-order valence-corrected chi connectivity index (χ3v) is 10.1. The average Bonchev–Trinajstić information content (AvgIpc) is 3.48. The number of aromatic nitrogens is 5. The first-order chi connectivity index (χ1) is 19.5. The molecule has 3 aliphatic heterocycles. The molecule has 4 bridgehead atoms. The first kappa shape index (κ1) is 24.1. The van der Waals surface area contributed by atoms with E-state index in [2.05, 4.69) is 51.5 Å². The van der Waals surface area contributed by atoms with Gasteiger partial charge >= 0.3 is 0 Å². The van der Waals surface area contributed by atoms with E-state index in [0.29, 0.717) is 16.9 Å². The number of aryl methyl sites for hydroxylation is 1. The molecule has 3 saturated heterocycles. The molecule has 6 heterocycles. The zero-order valence-corrected chi connectivity index (χ0v) is 22.9. The molecule has 4 unspecified atom stereocenters. The first-order valence-corrected chi connectivity index (χ1v) is 14.8. The Morgan fingerprint density at radius 3 is 2.38 bits per heavy atom. The van der Waals surface area contributed by atoms with Crippen LogP contribution in [0.3, 0.4) is 0 Å². The van der Waals surface area contributed by atoms with Gasteiger partial charge in [0.05, 0.1) is 23.7 Å². The molecule has 6 aliphatic rings. The van der Waals surface area contributed by atoms with E-state index >= 15 is 0 Å². The van der Waals surface area contributed by atoms with Crippen molar-refractivity contribution in [1.82, 2.24) is 24.7 Å². The van der Waals surface area contributed by atoms with Crippen LogP contribution in [0.2, 0.25) is 0 Å². The minimum absolute atomic E-state index is 0.186. The molecule has 4 N–H and O–H groups in total. The number of anilines is 3. The number of rotatable bonds is 6. The van der Waals surface area contributed by atoms with Gasteiger partial charge in [-0.3, -0.25) is 0 Å². The highest BCUT2D eigenvalue weighted by Gasteiger charge is 2.56. The molecule has 3 aromatic heterocycles. The van der Waals surface area contributed by atoms with Crippen molar-refractivity contribution in [2.45, 2.75) is 57.6 Å². The molecule has 4 aromatic rings. The summed E-state index contributed by atoms with van der Waals surface area (Å²) in [5.41, 5.74) is 12.5. The van der Waals surface area contributed by atoms with Gasteiger partial charge in [0, 0.05) is 48.3 Å². The number of aliphatic hydroxyl groups is 1. The van der Waals surface area contributed by atoms with Gasteiger partial charge in [-0.2, -0.15) is 5.10 Å². The lowest BCUT2D eigenvalue weighted by molar-refractivity contribution is -0.0599. The second-order valence-electron chi connectivity index (χ2n) is 12.3. The summed E-state index contributed by atoms with van der Waals surface area (Å²) in [6, 6.07) is 9.00. The summed E-state index contributed by atoms with van der Waals surface area (Å²) in [5.74, 6) is 4.95. The molecule has 10 rings (SSSR count). The maximum absolute atomic E-state index is 10.0. The lowest BCUT2D eigenvalue weighted by atomic mass is 9.49. The molecule has 0 spiro atoms. The van der Waals surface area contributed by atoms with Crippen molar-refractivity contribution in [3.05, 3.63) is 48.5 Å². The van der Waals surface area contributed by atoms with E-state index in [9.17, 15) is 5.11 Å². The number of nitrogens with zero attached hydrogens (tertiary/aromatic N) is 6. The van der Waals surface area contributed by atoms with Crippen LogP contribution in [0.1, 0.15) is 44.7 Å². The molecular weight excluding hydrogens is 500 g/mol. The van der Waals surface area contributed by atoms with E-state index in [-0.39, 0.29) is 12.1 Å². The fourth-order valence-electron chi connectivity index (χ4n) is 7.73. The van der Waals surface area contributed by atoms with Crippen molar-refractivity contribution < 1.29 is 5.11 Å². The van der Waals surface area contributed by atoms with Crippen LogP contribution in [-0.4, -0.2) is 55.1 Å². The fraction of sp³-hybridized carbons (Fsp3) is 0.484. The molecule has 9 nitrogen and oxygen atoms in total. The molecule has 6 atom stereocenters. The van der Waals surface area contributed by atoms with E-state index in [1.807, 2.05) is 17.1 Å². The average molecular weight is 537 g/mol. The number of nitrogen functional groups attached to an aromatic ring is 1. The summed E-state index contributed by atoms with van der Waals surface area (Å²) in [7, 11) is 0. The second kappa shape index (κ2) is 9.16. The molecular formula is C31H36N8O. The van der Waals surface area contributed by atoms with Gasteiger partial charge in [-0.1, -0.05) is 6.92 Å². The number of hydrogen-bond acceptors (Lipinski definition) is 8. The molecule has 0 radical (unpaired) electrons. The van der Waals surface area contributed by atoms with Crippen LogP contribution in [-0.2, 0) is 6.42 Å². The molecule has 206 valence electrons. The van der Waals surface area contributed by atoms with Gasteiger partial charge in [0.25, 0.3) is 0 Å². The van der Waals surface area contributed by atoms with Gasteiger partial charge in [0.1, 0.15) is 16.9 Å². The molecule has 9 heteroatoms. The van der Waals surface area contributed by atoms with Crippen molar-refractivity contribution in [2.24, 2.45) is 23.7 Å². The highest BCUT2D eigenvalue weighted by molar-refractivity contribution is 5.96. The van der Waals surface area contributed by atoms with E-state index in [1.165, 1.54) is 31.6 Å². The predicted octanol–water partition coefficient (Wildman–Crippen LogP) is 4.44. The second-order valence-corrected chi connectivity index (χ2v) is 12.3. The summed E-state index contributed by atoms with van der Waals surface area (Å²) < 4.78 is 1.91. The number of aliphatic hydroxyl groups excluding tert-OH is 1. The van der Waals surface area contributed by atoms with Gasteiger partial charge < -0.3 is 21.1 Å². The Hall–Kier alpha value is -3.72. The molecule has 0 amide bonds. The number of fused-ring (bicyclic) bond motifs is 1. The Bertz CT molecular complexity index is 1560. The van der Waals surface area contributed by atoms with Crippen molar-refractivity contribution >= 4 is 28.4 Å². The van der Waals surface area contributed by atoms with Gasteiger partial charge in [-0.25, -0.2) is 19.6 Å². The van der Waals surface area contributed by atoms with Gasteiger partial charge in [0.15, 0.2) is 5.82 Å². The van der Waals surface area contributed by atoms with E-state index in [4.69, 9.17) is 15.7 Å². The van der Waals surface area contributed by atoms with Gasteiger partial charge in [-0.15, -0.1) is 0 Å². The van der Waals surface area contributed by atoms with Crippen molar-refractivity contribution in [3.8, 4) is 16.8 Å². The van der Waals surface area contributed by atoms with Crippen LogP contribution < -0.4 is 16.0 Å². The van der Waals surface area contributed by atoms with Crippen LogP contribution >= 0.6 is 0 Å². The smallest absolute Gasteiger partial charge is 0.151 e. The SMILES string of the molecule is CCc1nc2c(N)ncc(-c3cnn(-c4ccc(N5CC6CC7C(CC67)C5)cc4)c3)c2nc1N[C@@H]1CC[C@H](O)C1. The summed E-state index contributed by atoms with van der Waals surface area (Å²) >= 11 is 0. The first-order valence-electron chi connectivity index (χ1n) is 14.8. The number of hydrogen-bond donors (Lipinski definition) is 3. The molecule has 40 heavy (non-hydrogen) atoms. The van der Waals surface area contributed by atoms with Crippen molar-refractivity contribution in [2.75, 3.05) is 29.0 Å². The van der Waals surface area contributed by atoms with Crippen LogP contribution in [0.25, 0.3) is 27.8 Å². The van der Waals surface area contributed by atoms with Gasteiger partial charge in [-0.05, 0) is 86.5 Å². The summed E-state index contributed by atoms with van der Waals surface area (Å²) in [5, 5.41) is 18.2. The Morgan fingerprint density at radius 1 is 0.950 bits per heavy atom. The number of benzene rings is 1. The lowest BCUT2D eigenvalue weighted by Crippen LogP contribution is -2.50. The molecule has 6 fully saturated rings. The van der Waals surface area contributed by atoms with Crippen LogP contribution in [0.15, 0.2) is 42.9 Å². The Labute approximate surface area is 233 Å². The zero-order valence-electron chi connectivity index (χ0n) is 22.9. The Morgan fingerprint density at radius 2 is 1.70 bits per heavy atom. The summed E-state index contributed by atoms with van der Waals surface area (Å²) in [4.78, 5) is 17.0. The number of pyridine rings is 1.